The van der Waals surface area contributed by atoms with Crippen LogP contribution in [0, 0.1) is 0 Å². The Morgan fingerprint density at radius 2 is 1.85 bits per heavy atom. The van der Waals surface area contributed by atoms with E-state index in [-0.39, 0.29) is 18.2 Å². The van der Waals surface area contributed by atoms with E-state index in [9.17, 15) is 9.59 Å². The number of fused-ring (bicyclic) bond motifs is 2. The van der Waals surface area contributed by atoms with Gasteiger partial charge in [0, 0.05) is 29.8 Å². The number of amides is 2. The van der Waals surface area contributed by atoms with Crippen LogP contribution in [0.5, 0.6) is 0 Å². The second-order valence-electron chi connectivity index (χ2n) is 6.05. The number of carbonyl (C=O) groups excluding carboxylic acids is 2. The molecular formula is C20H17N3O2S. The molecule has 6 heteroatoms. The molecule has 0 unspecified atom stereocenters. The van der Waals surface area contributed by atoms with Gasteiger partial charge in [-0.1, -0.05) is 36.9 Å². The van der Waals surface area contributed by atoms with Crippen LogP contribution in [0.1, 0.15) is 27.3 Å². The van der Waals surface area contributed by atoms with Gasteiger partial charge in [0.25, 0.3) is 5.91 Å². The van der Waals surface area contributed by atoms with E-state index < -0.39 is 0 Å². The van der Waals surface area contributed by atoms with E-state index in [4.69, 9.17) is 0 Å². The normalized spacial score (nSPS) is 13.3. The Morgan fingerprint density at radius 1 is 1.12 bits per heavy atom. The molecule has 1 aromatic heterocycles. The predicted molar refractivity (Wildman–Crippen MR) is 103 cm³/mol. The number of thiazole rings is 1. The molecule has 0 radical (unpaired) electrons. The maximum Gasteiger partial charge on any atom is 0.258 e. The fraction of sp³-hybridized carbons (Fsp3) is 0.150. The first-order chi connectivity index (χ1) is 12.6. The first-order valence-electron chi connectivity index (χ1n) is 8.35. The van der Waals surface area contributed by atoms with Crippen LogP contribution in [0.15, 0.2) is 55.1 Å². The monoisotopic (exact) mass is 363 g/mol. The molecule has 1 N–H and O–H groups in total. The molecule has 0 spiro atoms. The Labute approximate surface area is 155 Å². The van der Waals surface area contributed by atoms with Gasteiger partial charge >= 0.3 is 0 Å². The van der Waals surface area contributed by atoms with Gasteiger partial charge in [-0.3, -0.25) is 9.59 Å². The Kier molecular flexibility index (Phi) is 4.26. The average molecular weight is 363 g/mol. The first kappa shape index (κ1) is 16.5. The minimum absolute atomic E-state index is 0.0930. The van der Waals surface area contributed by atoms with Crippen LogP contribution < -0.4 is 5.32 Å². The Morgan fingerprint density at radius 3 is 2.62 bits per heavy atom. The van der Waals surface area contributed by atoms with Crippen molar-refractivity contribution in [1.82, 2.24) is 15.2 Å². The third kappa shape index (κ3) is 2.99. The molecule has 0 saturated carbocycles. The molecule has 130 valence electrons. The van der Waals surface area contributed by atoms with Crippen molar-refractivity contribution < 1.29 is 9.59 Å². The maximum atomic E-state index is 12.4. The van der Waals surface area contributed by atoms with Crippen LogP contribution in [0.2, 0.25) is 0 Å². The summed E-state index contributed by atoms with van der Waals surface area (Å²) in [5.41, 5.74) is 3.09. The average Bonchev–Trinajstić information content (AvgIpc) is 3.18. The highest BCUT2D eigenvalue weighted by atomic mass is 32.1. The van der Waals surface area contributed by atoms with Gasteiger partial charge in [-0.15, -0.1) is 11.3 Å². The molecule has 2 heterocycles. The number of carbonyl (C=O) groups is 2. The van der Waals surface area contributed by atoms with Crippen LogP contribution in [0.3, 0.4) is 0 Å². The van der Waals surface area contributed by atoms with E-state index in [2.05, 4.69) is 16.9 Å². The fourth-order valence-corrected chi connectivity index (χ4v) is 3.95. The molecule has 0 atom stereocenters. The lowest BCUT2D eigenvalue weighted by molar-refractivity contribution is -0.121. The van der Waals surface area contributed by atoms with Crippen molar-refractivity contribution in [3.63, 3.8) is 0 Å². The number of nitrogens with zero attached hydrogens (tertiary/aromatic N) is 2. The third-order valence-electron chi connectivity index (χ3n) is 4.38. The molecule has 1 aliphatic rings. The summed E-state index contributed by atoms with van der Waals surface area (Å²) in [5.74, 6) is -0.203. The zero-order valence-corrected chi connectivity index (χ0v) is 14.9. The van der Waals surface area contributed by atoms with Crippen molar-refractivity contribution in [2.75, 3.05) is 6.54 Å². The number of hydrogen-bond donors (Lipinski definition) is 1. The second kappa shape index (κ2) is 6.72. The summed E-state index contributed by atoms with van der Waals surface area (Å²) in [6.07, 6.45) is 0.226. The van der Waals surface area contributed by atoms with Crippen LogP contribution >= 0.6 is 11.3 Å². The number of rotatable bonds is 5. The minimum atomic E-state index is -0.110. The van der Waals surface area contributed by atoms with E-state index >= 15 is 0 Å². The van der Waals surface area contributed by atoms with E-state index in [0.717, 1.165) is 20.8 Å². The SMILES string of the molecule is C=C1c2ccccc2C(=O)N1CCC(=O)NCc1nc2ccccc2s1. The molecule has 0 aliphatic carbocycles. The van der Waals surface area contributed by atoms with E-state index in [1.807, 2.05) is 42.5 Å². The highest BCUT2D eigenvalue weighted by Crippen LogP contribution is 2.31. The van der Waals surface area contributed by atoms with Crippen molar-refractivity contribution in [1.29, 1.82) is 0 Å². The van der Waals surface area contributed by atoms with E-state index in [1.165, 1.54) is 0 Å². The van der Waals surface area contributed by atoms with Crippen LogP contribution in [-0.2, 0) is 11.3 Å². The summed E-state index contributed by atoms with van der Waals surface area (Å²) in [6.45, 7) is 4.70. The summed E-state index contributed by atoms with van der Waals surface area (Å²) >= 11 is 1.57. The zero-order valence-electron chi connectivity index (χ0n) is 14.1. The lowest BCUT2D eigenvalue weighted by atomic mass is 10.1. The molecule has 3 aromatic rings. The number of benzene rings is 2. The maximum absolute atomic E-state index is 12.4. The summed E-state index contributed by atoms with van der Waals surface area (Å²) in [4.78, 5) is 30.7. The van der Waals surface area contributed by atoms with Gasteiger partial charge in [-0.25, -0.2) is 4.98 Å². The number of nitrogens with one attached hydrogen (secondary N) is 1. The van der Waals surface area contributed by atoms with E-state index in [1.54, 1.807) is 22.3 Å². The third-order valence-corrected chi connectivity index (χ3v) is 5.41. The van der Waals surface area contributed by atoms with Gasteiger partial charge in [0.1, 0.15) is 5.01 Å². The molecule has 26 heavy (non-hydrogen) atoms. The van der Waals surface area contributed by atoms with Crippen LogP contribution in [0.25, 0.3) is 15.9 Å². The standard InChI is InChI=1S/C20H17N3O2S/c1-13-14-6-2-3-7-15(14)20(25)23(13)11-10-18(24)21-12-19-22-16-8-4-5-9-17(16)26-19/h2-9H,1,10-12H2,(H,21,24). The number of para-hydroxylation sites is 1. The summed E-state index contributed by atoms with van der Waals surface area (Å²) in [7, 11) is 0. The van der Waals surface area contributed by atoms with Gasteiger partial charge in [0.15, 0.2) is 0 Å². The summed E-state index contributed by atoms with van der Waals surface area (Å²) < 4.78 is 1.11. The molecule has 4 rings (SSSR count). The topological polar surface area (TPSA) is 62.3 Å². The predicted octanol–water partition coefficient (Wildman–Crippen LogP) is 3.43. The smallest absolute Gasteiger partial charge is 0.258 e. The zero-order chi connectivity index (χ0) is 18.1. The summed E-state index contributed by atoms with van der Waals surface area (Å²) in [6, 6.07) is 15.3. The Hall–Kier alpha value is -2.99. The van der Waals surface area contributed by atoms with Gasteiger partial charge in [0.05, 0.1) is 16.8 Å². The van der Waals surface area contributed by atoms with Gasteiger partial charge in [0.2, 0.25) is 5.91 Å². The van der Waals surface area contributed by atoms with Gasteiger partial charge in [-0.05, 0) is 18.2 Å². The van der Waals surface area contributed by atoms with Crippen LogP contribution in [0.4, 0.5) is 0 Å². The molecule has 0 bridgehead atoms. The Balaban J connectivity index is 1.33. The highest BCUT2D eigenvalue weighted by Gasteiger charge is 2.30. The lowest BCUT2D eigenvalue weighted by Gasteiger charge is -2.16. The van der Waals surface area contributed by atoms with Gasteiger partial charge < -0.3 is 10.2 Å². The molecular weight excluding hydrogens is 346 g/mol. The van der Waals surface area contributed by atoms with Crippen molar-refractivity contribution in [3.05, 3.63) is 71.2 Å². The molecule has 2 aromatic carbocycles. The summed E-state index contributed by atoms with van der Waals surface area (Å²) in [5, 5.41) is 3.75. The van der Waals surface area contributed by atoms with Crippen molar-refractivity contribution >= 4 is 39.1 Å². The highest BCUT2D eigenvalue weighted by molar-refractivity contribution is 7.18. The fourth-order valence-electron chi connectivity index (χ4n) is 3.04. The van der Waals surface area contributed by atoms with Crippen molar-refractivity contribution in [2.24, 2.45) is 0 Å². The number of hydrogen-bond acceptors (Lipinski definition) is 4. The molecule has 2 amide bonds. The molecule has 1 aliphatic heterocycles. The lowest BCUT2D eigenvalue weighted by Crippen LogP contribution is -2.30. The molecule has 0 saturated heterocycles. The first-order valence-corrected chi connectivity index (χ1v) is 9.16. The van der Waals surface area contributed by atoms with Crippen molar-refractivity contribution in [3.8, 4) is 0 Å². The van der Waals surface area contributed by atoms with Gasteiger partial charge in [-0.2, -0.15) is 0 Å². The van der Waals surface area contributed by atoms with Crippen molar-refractivity contribution in [2.45, 2.75) is 13.0 Å². The Bertz CT molecular complexity index is 957. The largest absolute Gasteiger partial charge is 0.350 e. The quantitative estimate of drug-likeness (QED) is 0.755. The van der Waals surface area contributed by atoms with Crippen LogP contribution in [-0.4, -0.2) is 28.2 Å². The van der Waals surface area contributed by atoms with E-state index in [0.29, 0.717) is 24.4 Å². The molecule has 5 nitrogen and oxygen atoms in total. The number of aromatic nitrogens is 1. The molecule has 0 fully saturated rings. The second-order valence-corrected chi connectivity index (χ2v) is 7.17. The minimum Gasteiger partial charge on any atom is -0.350 e.